The molecule has 0 saturated carbocycles. The van der Waals surface area contributed by atoms with E-state index in [9.17, 15) is 5.11 Å². The summed E-state index contributed by atoms with van der Waals surface area (Å²) in [6.07, 6.45) is 1.62. The lowest BCUT2D eigenvalue weighted by Crippen LogP contribution is -2.44. The lowest BCUT2D eigenvalue weighted by atomic mass is 10.1. The number of rotatable bonds is 2. The van der Waals surface area contributed by atoms with Gasteiger partial charge in [0.1, 0.15) is 17.0 Å². The van der Waals surface area contributed by atoms with Gasteiger partial charge in [-0.25, -0.2) is 9.97 Å². The number of oxazole rings is 1. The fourth-order valence-electron chi connectivity index (χ4n) is 2.69. The van der Waals surface area contributed by atoms with Gasteiger partial charge in [0.05, 0.1) is 6.20 Å². The van der Waals surface area contributed by atoms with E-state index in [1.165, 1.54) is 0 Å². The van der Waals surface area contributed by atoms with Crippen LogP contribution < -0.4 is 10.2 Å². The van der Waals surface area contributed by atoms with Crippen molar-refractivity contribution in [2.45, 2.75) is 6.92 Å². The van der Waals surface area contributed by atoms with Crippen LogP contribution in [0.4, 0.5) is 5.95 Å². The summed E-state index contributed by atoms with van der Waals surface area (Å²) in [6, 6.07) is 3.27. The van der Waals surface area contributed by atoms with E-state index in [-0.39, 0.29) is 5.75 Å². The van der Waals surface area contributed by atoms with Crippen LogP contribution in [0.25, 0.3) is 22.4 Å². The molecule has 0 radical (unpaired) electrons. The highest BCUT2D eigenvalue weighted by molar-refractivity contribution is 5.83. The van der Waals surface area contributed by atoms with Gasteiger partial charge in [0.25, 0.3) is 0 Å². The second-order valence-electron chi connectivity index (χ2n) is 5.45. The molecule has 118 valence electrons. The van der Waals surface area contributed by atoms with Gasteiger partial charge in [-0.15, -0.1) is 10.2 Å². The molecule has 2 N–H and O–H groups in total. The van der Waals surface area contributed by atoms with Crippen molar-refractivity contribution in [3.63, 3.8) is 0 Å². The van der Waals surface area contributed by atoms with Crippen LogP contribution in [0.1, 0.15) is 5.89 Å². The first-order chi connectivity index (χ1) is 11.2. The minimum Gasteiger partial charge on any atom is -0.507 e. The van der Waals surface area contributed by atoms with E-state index >= 15 is 0 Å². The number of benzene rings is 1. The Kier molecular flexibility index (Phi) is 3.30. The molecule has 1 aliphatic heterocycles. The minimum atomic E-state index is 0.0804. The summed E-state index contributed by atoms with van der Waals surface area (Å²) in [5.41, 5.74) is 2.24. The molecule has 1 fully saturated rings. The Balaban J connectivity index is 1.68. The summed E-state index contributed by atoms with van der Waals surface area (Å²) in [5, 5.41) is 21.9. The lowest BCUT2D eigenvalue weighted by Gasteiger charge is -2.26. The maximum atomic E-state index is 10.2. The molecule has 3 aromatic rings. The third kappa shape index (κ3) is 2.57. The maximum Gasteiger partial charge on any atom is 0.245 e. The molecule has 0 spiro atoms. The highest BCUT2D eigenvalue weighted by Crippen LogP contribution is 2.32. The number of anilines is 1. The summed E-state index contributed by atoms with van der Waals surface area (Å²) in [6.45, 7) is 5.30. The topological polar surface area (TPSA) is 100 Å². The van der Waals surface area contributed by atoms with Gasteiger partial charge in [0.15, 0.2) is 11.5 Å². The normalized spacial score (nSPS) is 15.3. The van der Waals surface area contributed by atoms with Gasteiger partial charge in [0, 0.05) is 44.7 Å². The molecule has 0 atom stereocenters. The number of phenolic OH excluding ortho intramolecular Hbond substituents is 1. The molecule has 1 aliphatic rings. The number of aryl methyl sites for hydroxylation is 1. The second kappa shape index (κ2) is 5.47. The van der Waals surface area contributed by atoms with Gasteiger partial charge >= 0.3 is 0 Å². The summed E-state index contributed by atoms with van der Waals surface area (Å²) in [5.74, 6) is 1.23. The fraction of sp³-hybridized carbons (Fsp3) is 0.333. The molecule has 3 heterocycles. The van der Waals surface area contributed by atoms with Crippen molar-refractivity contribution in [2.24, 2.45) is 0 Å². The van der Waals surface area contributed by atoms with Crippen LogP contribution in [0.5, 0.6) is 5.75 Å². The zero-order chi connectivity index (χ0) is 15.8. The van der Waals surface area contributed by atoms with Crippen molar-refractivity contribution in [3.05, 3.63) is 24.2 Å². The molecule has 23 heavy (non-hydrogen) atoms. The van der Waals surface area contributed by atoms with Gasteiger partial charge in [-0.2, -0.15) is 0 Å². The Morgan fingerprint density at radius 2 is 2.04 bits per heavy atom. The number of phenols is 1. The standard InChI is InChI=1S/C15H16N6O2/c1-9-18-11-7-13(22)10(6-14(11)23-9)12-8-17-15(20-19-12)21-4-2-16-3-5-21/h6-8,16,22H,2-5H2,1H3. The molecule has 0 amide bonds. The first-order valence-electron chi connectivity index (χ1n) is 7.46. The summed E-state index contributed by atoms with van der Waals surface area (Å²) < 4.78 is 5.50. The van der Waals surface area contributed by atoms with Crippen LogP contribution >= 0.6 is 0 Å². The number of aromatic hydroxyl groups is 1. The monoisotopic (exact) mass is 312 g/mol. The van der Waals surface area contributed by atoms with E-state index in [1.807, 2.05) is 0 Å². The van der Waals surface area contributed by atoms with E-state index in [1.54, 1.807) is 25.3 Å². The van der Waals surface area contributed by atoms with E-state index in [0.717, 1.165) is 26.2 Å². The number of hydrogen-bond acceptors (Lipinski definition) is 8. The van der Waals surface area contributed by atoms with Gasteiger partial charge in [-0.1, -0.05) is 0 Å². The van der Waals surface area contributed by atoms with Crippen molar-refractivity contribution in [1.82, 2.24) is 25.5 Å². The number of hydrogen-bond donors (Lipinski definition) is 2. The van der Waals surface area contributed by atoms with E-state index in [0.29, 0.717) is 34.2 Å². The van der Waals surface area contributed by atoms with Crippen molar-refractivity contribution in [2.75, 3.05) is 31.1 Å². The summed E-state index contributed by atoms with van der Waals surface area (Å²) in [7, 11) is 0. The zero-order valence-corrected chi connectivity index (χ0v) is 12.7. The molecular weight excluding hydrogens is 296 g/mol. The van der Waals surface area contributed by atoms with Crippen molar-refractivity contribution >= 4 is 17.0 Å². The molecule has 4 rings (SSSR count). The fourth-order valence-corrected chi connectivity index (χ4v) is 2.69. The van der Waals surface area contributed by atoms with Gasteiger partial charge in [-0.05, 0) is 6.07 Å². The van der Waals surface area contributed by atoms with Crippen LogP contribution in [0.15, 0.2) is 22.7 Å². The minimum absolute atomic E-state index is 0.0804. The molecule has 0 aliphatic carbocycles. The average Bonchev–Trinajstić information content (AvgIpc) is 2.94. The van der Waals surface area contributed by atoms with Crippen LogP contribution in [-0.4, -0.2) is 51.5 Å². The molecule has 1 saturated heterocycles. The van der Waals surface area contributed by atoms with Gasteiger partial charge in [0.2, 0.25) is 5.95 Å². The summed E-state index contributed by atoms with van der Waals surface area (Å²) in [4.78, 5) is 10.6. The molecule has 8 heteroatoms. The van der Waals surface area contributed by atoms with Crippen LogP contribution in [0.2, 0.25) is 0 Å². The third-order valence-electron chi connectivity index (χ3n) is 3.84. The number of fused-ring (bicyclic) bond motifs is 1. The Bertz CT molecular complexity index is 839. The number of aromatic nitrogens is 4. The number of piperazine rings is 1. The van der Waals surface area contributed by atoms with Crippen LogP contribution in [0.3, 0.4) is 0 Å². The molecule has 1 aromatic carbocycles. The average molecular weight is 312 g/mol. The quantitative estimate of drug-likeness (QED) is 0.725. The van der Waals surface area contributed by atoms with Gasteiger partial charge in [-0.3, -0.25) is 0 Å². The van der Waals surface area contributed by atoms with E-state index < -0.39 is 0 Å². The molecule has 8 nitrogen and oxygen atoms in total. The Morgan fingerprint density at radius 1 is 1.22 bits per heavy atom. The third-order valence-corrected chi connectivity index (χ3v) is 3.84. The SMILES string of the molecule is Cc1nc2cc(O)c(-c3cnc(N4CCNCC4)nn3)cc2o1. The van der Waals surface area contributed by atoms with Gasteiger partial charge < -0.3 is 19.7 Å². The molecular formula is C15H16N6O2. The van der Waals surface area contributed by atoms with Crippen LogP contribution in [-0.2, 0) is 0 Å². The number of nitrogens with one attached hydrogen (secondary N) is 1. The van der Waals surface area contributed by atoms with E-state index in [4.69, 9.17) is 4.42 Å². The Hall–Kier alpha value is -2.74. The van der Waals surface area contributed by atoms with E-state index in [2.05, 4.69) is 30.4 Å². The first-order valence-corrected chi connectivity index (χ1v) is 7.46. The zero-order valence-electron chi connectivity index (χ0n) is 12.7. The highest BCUT2D eigenvalue weighted by Gasteiger charge is 2.16. The smallest absolute Gasteiger partial charge is 0.245 e. The second-order valence-corrected chi connectivity index (χ2v) is 5.45. The largest absolute Gasteiger partial charge is 0.507 e. The molecule has 2 aromatic heterocycles. The predicted molar refractivity (Wildman–Crippen MR) is 84.3 cm³/mol. The highest BCUT2D eigenvalue weighted by atomic mass is 16.3. The Labute approximate surface area is 132 Å². The summed E-state index contributed by atoms with van der Waals surface area (Å²) >= 11 is 0. The molecule has 0 unspecified atom stereocenters. The Morgan fingerprint density at radius 3 is 2.78 bits per heavy atom. The van der Waals surface area contributed by atoms with Crippen LogP contribution in [0, 0.1) is 6.92 Å². The van der Waals surface area contributed by atoms with Crippen molar-refractivity contribution in [1.29, 1.82) is 0 Å². The maximum absolute atomic E-state index is 10.2. The lowest BCUT2D eigenvalue weighted by molar-refractivity contribution is 0.477. The first kappa shape index (κ1) is 13.9. The number of nitrogens with zero attached hydrogens (tertiary/aromatic N) is 5. The van der Waals surface area contributed by atoms with Crippen molar-refractivity contribution < 1.29 is 9.52 Å². The predicted octanol–water partition coefficient (Wildman–Crippen LogP) is 1.10. The molecule has 0 bridgehead atoms. The van der Waals surface area contributed by atoms with Crippen molar-refractivity contribution in [3.8, 4) is 17.0 Å².